The number of nitrogens with one attached hydrogen (secondary N) is 1. The predicted molar refractivity (Wildman–Crippen MR) is 62.1 cm³/mol. The van der Waals surface area contributed by atoms with Gasteiger partial charge in [-0.3, -0.25) is 19.5 Å². The maximum atomic E-state index is 11.6. The molecule has 20 heavy (non-hydrogen) atoms. The first-order valence-electron chi connectivity index (χ1n) is 5.90. The van der Waals surface area contributed by atoms with Gasteiger partial charge in [0.25, 0.3) is 0 Å². The SMILES string of the molecule is O=C1CCN([C@H]2C[C@H](O)[C@@H](COP(=O)(O)O)O2)C(=O)N1. The van der Waals surface area contributed by atoms with Crippen molar-refractivity contribution in [1.82, 2.24) is 10.2 Å². The molecule has 3 amide bonds. The zero-order valence-corrected chi connectivity index (χ0v) is 11.2. The zero-order chi connectivity index (χ0) is 14.9. The summed E-state index contributed by atoms with van der Waals surface area (Å²) in [5.74, 6) is -0.383. The molecule has 0 aromatic carbocycles. The Bertz CT molecular complexity index is 451. The molecule has 0 radical (unpaired) electrons. The highest BCUT2D eigenvalue weighted by Crippen LogP contribution is 2.37. The van der Waals surface area contributed by atoms with Crippen molar-refractivity contribution >= 4 is 19.8 Å². The number of imide groups is 1. The number of aliphatic hydroxyl groups excluding tert-OH is 1. The van der Waals surface area contributed by atoms with Crippen LogP contribution in [-0.2, 0) is 18.6 Å². The summed E-state index contributed by atoms with van der Waals surface area (Å²) in [6.45, 7) is -0.329. The summed E-state index contributed by atoms with van der Waals surface area (Å²) in [7, 11) is -4.65. The fourth-order valence-electron chi connectivity index (χ4n) is 2.08. The largest absolute Gasteiger partial charge is 0.469 e. The van der Waals surface area contributed by atoms with Crippen LogP contribution in [0.25, 0.3) is 0 Å². The number of carbonyl (C=O) groups is 2. The minimum absolute atomic E-state index is 0.0802. The van der Waals surface area contributed by atoms with Gasteiger partial charge in [0, 0.05) is 19.4 Å². The Balaban J connectivity index is 1.91. The van der Waals surface area contributed by atoms with Gasteiger partial charge in [-0.05, 0) is 0 Å². The van der Waals surface area contributed by atoms with Gasteiger partial charge >= 0.3 is 13.9 Å². The number of hydrogen-bond donors (Lipinski definition) is 4. The number of ether oxygens (including phenoxy) is 1. The number of aliphatic hydroxyl groups is 1. The summed E-state index contributed by atoms with van der Waals surface area (Å²) in [5.41, 5.74) is 0. The molecule has 2 fully saturated rings. The van der Waals surface area contributed by atoms with Crippen LogP contribution in [-0.4, -0.2) is 63.3 Å². The first-order chi connectivity index (χ1) is 9.26. The van der Waals surface area contributed by atoms with Crippen molar-refractivity contribution in [3.8, 4) is 0 Å². The third-order valence-corrected chi connectivity index (χ3v) is 3.53. The van der Waals surface area contributed by atoms with Crippen LogP contribution in [0.2, 0.25) is 0 Å². The molecule has 0 aromatic rings. The van der Waals surface area contributed by atoms with E-state index in [4.69, 9.17) is 14.5 Å². The van der Waals surface area contributed by atoms with Crippen molar-refractivity contribution in [2.75, 3.05) is 13.2 Å². The zero-order valence-electron chi connectivity index (χ0n) is 10.3. The number of hydrogen-bond acceptors (Lipinski definition) is 6. The van der Waals surface area contributed by atoms with Crippen LogP contribution < -0.4 is 5.32 Å². The fourth-order valence-corrected chi connectivity index (χ4v) is 2.42. The molecule has 0 saturated carbocycles. The average molecular weight is 310 g/mol. The summed E-state index contributed by atoms with van der Waals surface area (Å²) in [6.07, 6.45) is -2.51. The van der Waals surface area contributed by atoms with E-state index in [1.54, 1.807) is 0 Å². The molecule has 11 heteroatoms. The number of nitrogens with zero attached hydrogens (tertiary/aromatic N) is 1. The Kier molecular flexibility index (Phi) is 4.43. The molecule has 0 spiro atoms. The molecular formula is C9H15N2O8P. The van der Waals surface area contributed by atoms with E-state index in [9.17, 15) is 19.3 Å². The highest BCUT2D eigenvalue weighted by molar-refractivity contribution is 7.46. The highest BCUT2D eigenvalue weighted by Gasteiger charge is 2.41. The Hall–Kier alpha value is -1.03. The predicted octanol–water partition coefficient (Wildman–Crippen LogP) is -1.49. The summed E-state index contributed by atoms with van der Waals surface area (Å²) < 4.78 is 20.2. The Morgan fingerprint density at radius 1 is 1.45 bits per heavy atom. The second-order valence-corrected chi connectivity index (χ2v) is 5.75. The number of amides is 3. The van der Waals surface area contributed by atoms with Crippen molar-refractivity contribution in [3.63, 3.8) is 0 Å². The van der Waals surface area contributed by atoms with Crippen LogP contribution >= 0.6 is 7.82 Å². The third-order valence-electron chi connectivity index (χ3n) is 3.05. The number of carbonyl (C=O) groups excluding carboxylic acids is 2. The molecule has 0 aliphatic carbocycles. The second kappa shape index (κ2) is 5.76. The van der Waals surface area contributed by atoms with Gasteiger partial charge in [-0.25, -0.2) is 9.36 Å². The average Bonchev–Trinajstić information content (AvgIpc) is 2.67. The molecule has 2 rings (SSSR count). The molecule has 2 aliphatic heterocycles. The van der Waals surface area contributed by atoms with Crippen LogP contribution in [0.5, 0.6) is 0 Å². The van der Waals surface area contributed by atoms with Crippen molar-refractivity contribution in [3.05, 3.63) is 0 Å². The van der Waals surface area contributed by atoms with Gasteiger partial charge < -0.3 is 19.6 Å². The lowest BCUT2D eigenvalue weighted by molar-refractivity contribution is -0.123. The van der Waals surface area contributed by atoms with Gasteiger partial charge in [0.05, 0.1) is 12.7 Å². The van der Waals surface area contributed by atoms with Crippen molar-refractivity contribution in [1.29, 1.82) is 0 Å². The molecule has 2 heterocycles. The summed E-state index contributed by atoms with van der Waals surface area (Å²) in [6, 6.07) is -0.616. The topological polar surface area (TPSA) is 146 Å². The van der Waals surface area contributed by atoms with Gasteiger partial charge in [-0.15, -0.1) is 0 Å². The van der Waals surface area contributed by atoms with Crippen molar-refractivity contribution < 1.29 is 38.3 Å². The minimum atomic E-state index is -4.65. The van der Waals surface area contributed by atoms with Gasteiger partial charge in [-0.2, -0.15) is 0 Å². The second-order valence-electron chi connectivity index (χ2n) is 4.52. The van der Waals surface area contributed by atoms with Crippen LogP contribution in [0.1, 0.15) is 12.8 Å². The number of phosphoric ester groups is 1. The molecule has 4 N–H and O–H groups in total. The van der Waals surface area contributed by atoms with Gasteiger partial charge in [0.1, 0.15) is 12.3 Å². The molecule has 0 unspecified atom stereocenters. The molecule has 2 aliphatic rings. The molecular weight excluding hydrogens is 295 g/mol. The third kappa shape index (κ3) is 3.75. The Morgan fingerprint density at radius 3 is 2.75 bits per heavy atom. The molecule has 10 nitrogen and oxygen atoms in total. The molecule has 114 valence electrons. The first kappa shape index (κ1) is 15.4. The lowest BCUT2D eigenvalue weighted by Gasteiger charge is -2.31. The standard InChI is InChI=1S/C9H15N2O8P/c12-5-3-8(11-2-1-7(13)10-9(11)14)19-6(5)4-18-20(15,16)17/h5-6,8,12H,1-4H2,(H,10,13,14)(H2,15,16,17)/t5-,6+,8+/m0/s1. The summed E-state index contributed by atoms with van der Waals surface area (Å²) in [5, 5.41) is 11.9. The van der Waals surface area contributed by atoms with E-state index >= 15 is 0 Å². The van der Waals surface area contributed by atoms with E-state index in [1.807, 2.05) is 0 Å². The summed E-state index contributed by atoms with van der Waals surface area (Å²) >= 11 is 0. The van der Waals surface area contributed by atoms with E-state index in [2.05, 4.69) is 9.84 Å². The van der Waals surface area contributed by atoms with E-state index in [0.717, 1.165) is 0 Å². The maximum absolute atomic E-state index is 11.6. The van der Waals surface area contributed by atoms with Gasteiger partial charge in [-0.1, -0.05) is 0 Å². The number of phosphoric acid groups is 1. The van der Waals surface area contributed by atoms with E-state index < -0.39 is 38.9 Å². The van der Waals surface area contributed by atoms with Gasteiger partial charge in [0.15, 0.2) is 0 Å². The quantitative estimate of drug-likeness (QED) is 0.460. The summed E-state index contributed by atoms with van der Waals surface area (Å²) in [4.78, 5) is 41.1. The number of rotatable bonds is 4. The monoisotopic (exact) mass is 310 g/mol. The van der Waals surface area contributed by atoms with Crippen molar-refractivity contribution in [2.24, 2.45) is 0 Å². The van der Waals surface area contributed by atoms with Crippen LogP contribution in [0.15, 0.2) is 0 Å². The molecule has 2 saturated heterocycles. The van der Waals surface area contributed by atoms with E-state index in [0.29, 0.717) is 0 Å². The molecule has 0 aromatic heterocycles. The lowest BCUT2D eigenvalue weighted by atomic mass is 10.2. The fraction of sp³-hybridized carbons (Fsp3) is 0.778. The highest BCUT2D eigenvalue weighted by atomic mass is 31.2. The smallest absolute Gasteiger partial charge is 0.390 e. The van der Waals surface area contributed by atoms with Crippen LogP contribution in [0, 0.1) is 0 Å². The van der Waals surface area contributed by atoms with E-state index in [-0.39, 0.29) is 25.3 Å². The molecule has 3 atom stereocenters. The first-order valence-corrected chi connectivity index (χ1v) is 7.43. The number of urea groups is 1. The lowest BCUT2D eigenvalue weighted by Crippen LogP contribution is -2.53. The minimum Gasteiger partial charge on any atom is -0.390 e. The normalized spacial score (nSPS) is 31.6. The molecule has 0 bridgehead atoms. The van der Waals surface area contributed by atoms with E-state index in [1.165, 1.54) is 4.90 Å². The maximum Gasteiger partial charge on any atom is 0.469 e. The van der Waals surface area contributed by atoms with Crippen LogP contribution in [0.4, 0.5) is 4.79 Å². The Morgan fingerprint density at radius 2 is 2.15 bits per heavy atom. The van der Waals surface area contributed by atoms with Gasteiger partial charge in [0.2, 0.25) is 5.91 Å². The Labute approximate surface area is 113 Å². The van der Waals surface area contributed by atoms with Crippen LogP contribution in [0.3, 0.4) is 0 Å². The van der Waals surface area contributed by atoms with Crippen molar-refractivity contribution in [2.45, 2.75) is 31.3 Å².